The molecule has 0 saturated heterocycles. The number of hydrogen-bond acceptors (Lipinski definition) is 5. The SMILES string of the molecule is Cc1cnc(C(=O)CC2CCC(NC(=O)CCN)CC2)cn1. The van der Waals surface area contributed by atoms with Crippen LogP contribution in [0.15, 0.2) is 12.4 Å². The van der Waals surface area contributed by atoms with Crippen LogP contribution in [0.1, 0.15) is 54.7 Å². The zero-order valence-electron chi connectivity index (χ0n) is 13.0. The van der Waals surface area contributed by atoms with Crippen LogP contribution in [-0.2, 0) is 4.79 Å². The van der Waals surface area contributed by atoms with Crippen molar-refractivity contribution in [3.8, 4) is 0 Å². The molecule has 120 valence electrons. The van der Waals surface area contributed by atoms with E-state index in [2.05, 4.69) is 15.3 Å². The van der Waals surface area contributed by atoms with Crippen LogP contribution in [0.25, 0.3) is 0 Å². The average Bonchev–Trinajstić information content (AvgIpc) is 2.50. The number of hydrogen-bond donors (Lipinski definition) is 2. The molecule has 0 bridgehead atoms. The quantitative estimate of drug-likeness (QED) is 0.774. The summed E-state index contributed by atoms with van der Waals surface area (Å²) < 4.78 is 0. The molecule has 6 heteroatoms. The lowest BCUT2D eigenvalue weighted by molar-refractivity contribution is -0.121. The lowest BCUT2D eigenvalue weighted by Gasteiger charge is -2.28. The first kappa shape index (κ1) is 16.5. The molecule has 1 saturated carbocycles. The Morgan fingerprint density at radius 1 is 1.23 bits per heavy atom. The average molecular weight is 304 g/mol. The molecular formula is C16H24N4O2. The van der Waals surface area contributed by atoms with E-state index in [0.29, 0.717) is 31.0 Å². The molecule has 0 unspecified atom stereocenters. The third-order valence-corrected chi connectivity index (χ3v) is 4.12. The van der Waals surface area contributed by atoms with Crippen LogP contribution in [0.3, 0.4) is 0 Å². The fourth-order valence-corrected chi connectivity index (χ4v) is 2.85. The molecule has 22 heavy (non-hydrogen) atoms. The highest BCUT2D eigenvalue weighted by molar-refractivity contribution is 5.94. The van der Waals surface area contributed by atoms with Crippen molar-refractivity contribution in [2.75, 3.05) is 6.54 Å². The van der Waals surface area contributed by atoms with E-state index in [1.54, 1.807) is 12.4 Å². The molecular weight excluding hydrogens is 280 g/mol. The number of aryl methyl sites for hydroxylation is 1. The van der Waals surface area contributed by atoms with Crippen LogP contribution in [0.4, 0.5) is 0 Å². The number of Topliss-reactive ketones (excluding diaryl/α,β-unsaturated/α-hetero) is 1. The Morgan fingerprint density at radius 3 is 2.55 bits per heavy atom. The molecule has 3 N–H and O–H groups in total. The summed E-state index contributed by atoms with van der Waals surface area (Å²) >= 11 is 0. The normalized spacial score (nSPS) is 21.4. The van der Waals surface area contributed by atoms with Gasteiger partial charge in [0, 0.05) is 31.6 Å². The number of ketones is 1. The number of nitrogens with zero attached hydrogens (tertiary/aromatic N) is 2. The number of carbonyl (C=O) groups is 2. The second-order valence-corrected chi connectivity index (χ2v) is 5.99. The van der Waals surface area contributed by atoms with Gasteiger partial charge in [-0.25, -0.2) is 4.98 Å². The van der Waals surface area contributed by atoms with Gasteiger partial charge in [-0.2, -0.15) is 0 Å². The van der Waals surface area contributed by atoms with Gasteiger partial charge in [0.05, 0.1) is 11.9 Å². The van der Waals surface area contributed by atoms with Gasteiger partial charge in [0.2, 0.25) is 5.91 Å². The molecule has 1 aliphatic rings. The number of rotatable bonds is 6. The fourth-order valence-electron chi connectivity index (χ4n) is 2.85. The number of nitrogens with two attached hydrogens (primary N) is 1. The lowest BCUT2D eigenvalue weighted by Crippen LogP contribution is -2.38. The number of aromatic nitrogens is 2. The van der Waals surface area contributed by atoms with Gasteiger partial charge in [0.15, 0.2) is 5.78 Å². The maximum atomic E-state index is 12.2. The molecule has 1 aromatic rings. The lowest BCUT2D eigenvalue weighted by atomic mass is 9.83. The molecule has 0 aromatic carbocycles. The Bertz CT molecular complexity index is 507. The Kier molecular flexibility index (Phi) is 6.00. The van der Waals surface area contributed by atoms with Gasteiger partial charge in [-0.15, -0.1) is 0 Å². The minimum absolute atomic E-state index is 0.0250. The topological polar surface area (TPSA) is 98.0 Å². The van der Waals surface area contributed by atoms with Crippen molar-refractivity contribution in [1.82, 2.24) is 15.3 Å². The first-order valence-electron chi connectivity index (χ1n) is 7.89. The zero-order valence-corrected chi connectivity index (χ0v) is 13.0. The standard InChI is InChI=1S/C16H24N4O2/c1-11-9-19-14(10-18-11)15(21)8-12-2-4-13(5-3-12)20-16(22)6-7-17/h9-10,12-13H,2-8,17H2,1H3,(H,20,22). The van der Waals surface area contributed by atoms with Crippen molar-refractivity contribution in [2.24, 2.45) is 11.7 Å². The van der Waals surface area contributed by atoms with Gasteiger partial charge in [-0.3, -0.25) is 14.6 Å². The van der Waals surface area contributed by atoms with Gasteiger partial charge in [-0.05, 0) is 38.5 Å². The first-order chi connectivity index (χ1) is 10.6. The predicted molar refractivity (Wildman–Crippen MR) is 83.3 cm³/mol. The van der Waals surface area contributed by atoms with Gasteiger partial charge < -0.3 is 11.1 Å². The van der Waals surface area contributed by atoms with E-state index in [1.807, 2.05) is 6.92 Å². The smallest absolute Gasteiger partial charge is 0.221 e. The van der Waals surface area contributed by atoms with E-state index in [0.717, 1.165) is 31.4 Å². The highest BCUT2D eigenvalue weighted by atomic mass is 16.1. The summed E-state index contributed by atoms with van der Waals surface area (Å²) in [6.07, 6.45) is 7.83. The maximum Gasteiger partial charge on any atom is 0.221 e. The second kappa shape index (κ2) is 7.98. The molecule has 0 atom stereocenters. The van der Waals surface area contributed by atoms with Crippen LogP contribution in [0, 0.1) is 12.8 Å². The summed E-state index contributed by atoms with van der Waals surface area (Å²) in [6, 6.07) is 0.226. The second-order valence-electron chi connectivity index (χ2n) is 5.99. The van der Waals surface area contributed by atoms with E-state index in [-0.39, 0.29) is 17.7 Å². The molecule has 1 fully saturated rings. The number of nitrogens with one attached hydrogen (secondary N) is 1. The molecule has 1 heterocycles. The summed E-state index contributed by atoms with van der Waals surface area (Å²) in [6.45, 7) is 2.23. The monoisotopic (exact) mass is 304 g/mol. The predicted octanol–water partition coefficient (Wildman–Crippen LogP) is 1.38. The van der Waals surface area contributed by atoms with Gasteiger partial charge >= 0.3 is 0 Å². The third-order valence-electron chi connectivity index (χ3n) is 4.12. The third kappa shape index (κ3) is 4.87. The van der Waals surface area contributed by atoms with Gasteiger partial charge in [0.1, 0.15) is 5.69 Å². The molecule has 1 aliphatic carbocycles. The molecule has 1 amide bonds. The van der Waals surface area contributed by atoms with Crippen molar-refractivity contribution in [2.45, 2.75) is 51.5 Å². The molecule has 0 radical (unpaired) electrons. The minimum Gasteiger partial charge on any atom is -0.353 e. The van der Waals surface area contributed by atoms with Gasteiger partial charge in [-0.1, -0.05) is 0 Å². The van der Waals surface area contributed by atoms with E-state index in [9.17, 15) is 9.59 Å². The van der Waals surface area contributed by atoms with Crippen molar-refractivity contribution < 1.29 is 9.59 Å². The van der Waals surface area contributed by atoms with Crippen molar-refractivity contribution in [3.63, 3.8) is 0 Å². The van der Waals surface area contributed by atoms with Crippen LogP contribution in [0.5, 0.6) is 0 Å². The van der Waals surface area contributed by atoms with Crippen LogP contribution in [0.2, 0.25) is 0 Å². The first-order valence-corrected chi connectivity index (χ1v) is 7.89. The molecule has 6 nitrogen and oxygen atoms in total. The molecule has 0 spiro atoms. The molecule has 1 aromatic heterocycles. The summed E-state index contributed by atoms with van der Waals surface area (Å²) in [5.41, 5.74) is 6.63. The van der Waals surface area contributed by atoms with Gasteiger partial charge in [0.25, 0.3) is 0 Å². The summed E-state index contributed by atoms with van der Waals surface area (Å²) in [5, 5.41) is 3.01. The Balaban J connectivity index is 1.76. The van der Waals surface area contributed by atoms with Crippen LogP contribution < -0.4 is 11.1 Å². The zero-order chi connectivity index (χ0) is 15.9. The molecule has 2 rings (SSSR count). The molecule has 0 aliphatic heterocycles. The van der Waals surface area contributed by atoms with Crippen LogP contribution in [-0.4, -0.2) is 34.2 Å². The number of carbonyl (C=O) groups excluding carboxylic acids is 2. The largest absolute Gasteiger partial charge is 0.353 e. The Labute approximate surface area is 130 Å². The van der Waals surface area contributed by atoms with Crippen molar-refractivity contribution in [3.05, 3.63) is 23.8 Å². The highest BCUT2D eigenvalue weighted by Gasteiger charge is 2.24. The summed E-state index contributed by atoms with van der Waals surface area (Å²) in [5.74, 6) is 0.457. The summed E-state index contributed by atoms with van der Waals surface area (Å²) in [4.78, 5) is 32.0. The number of amides is 1. The Hall–Kier alpha value is -1.82. The fraction of sp³-hybridized carbons (Fsp3) is 0.625. The van der Waals surface area contributed by atoms with E-state index >= 15 is 0 Å². The van der Waals surface area contributed by atoms with Crippen molar-refractivity contribution in [1.29, 1.82) is 0 Å². The summed E-state index contributed by atoms with van der Waals surface area (Å²) in [7, 11) is 0. The minimum atomic E-state index is 0.0250. The van der Waals surface area contributed by atoms with E-state index in [4.69, 9.17) is 5.73 Å². The van der Waals surface area contributed by atoms with Crippen molar-refractivity contribution >= 4 is 11.7 Å². The Morgan fingerprint density at radius 2 is 1.95 bits per heavy atom. The highest BCUT2D eigenvalue weighted by Crippen LogP contribution is 2.27. The van der Waals surface area contributed by atoms with E-state index < -0.39 is 0 Å². The van der Waals surface area contributed by atoms with Crippen LogP contribution >= 0.6 is 0 Å². The van der Waals surface area contributed by atoms with E-state index in [1.165, 1.54) is 0 Å². The maximum absolute atomic E-state index is 12.2.